The molecule has 1 saturated carbocycles. The Morgan fingerprint density at radius 1 is 1.43 bits per heavy atom. The van der Waals surface area contributed by atoms with Crippen LogP contribution in [0.2, 0.25) is 0 Å². The number of thioether (sulfide) groups is 1. The number of aromatic nitrogens is 3. The average molecular weight is 305 g/mol. The van der Waals surface area contributed by atoms with Gasteiger partial charge in [-0.2, -0.15) is 0 Å². The zero-order valence-electron chi connectivity index (χ0n) is 11.5. The summed E-state index contributed by atoms with van der Waals surface area (Å²) < 4.78 is 6.39. The molecule has 0 aliphatic heterocycles. The highest BCUT2D eigenvalue weighted by Gasteiger charge is 2.28. The number of nitrogens with zero attached hydrogens (tertiary/aromatic N) is 2. The molecular weight excluding hydrogens is 290 g/mol. The van der Waals surface area contributed by atoms with Crippen molar-refractivity contribution in [2.45, 2.75) is 29.8 Å². The molecule has 110 valence electrons. The maximum Gasteiger partial charge on any atom is 0.344 e. The van der Waals surface area contributed by atoms with Crippen LogP contribution in [0.5, 0.6) is 0 Å². The molecule has 1 aliphatic carbocycles. The monoisotopic (exact) mass is 305 g/mol. The molecule has 1 N–H and O–H groups in total. The largest absolute Gasteiger partial charge is 0.465 e. The molecule has 21 heavy (non-hydrogen) atoms. The van der Waals surface area contributed by atoms with E-state index in [-0.39, 0.29) is 11.7 Å². The second-order valence-corrected chi connectivity index (χ2v) is 5.83. The Bertz CT molecular complexity index is 701. The van der Waals surface area contributed by atoms with Gasteiger partial charge in [-0.15, -0.1) is 5.10 Å². The average Bonchev–Trinajstić information content (AvgIpc) is 3.28. The highest BCUT2D eigenvalue weighted by Crippen LogP contribution is 2.36. The third kappa shape index (κ3) is 3.02. The number of carbonyl (C=O) groups is 1. The molecule has 0 bridgehead atoms. The Balaban J connectivity index is 1.68. The van der Waals surface area contributed by atoms with Crippen molar-refractivity contribution in [3.8, 4) is 0 Å². The van der Waals surface area contributed by atoms with Gasteiger partial charge in [-0.3, -0.25) is 4.57 Å². The molecule has 0 radical (unpaired) electrons. The molecule has 0 atom stereocenters. The molecule has 1 aliphatic rings. The SMILES string of the molecule is COC(=O)c1ccc(CSc2n[nH]c(=O)n2C2CC2)cc1. The number of rotatable bonds is 5. The van der Waals surface area contributed by atoms with Gasteiger partial charge in [0, 0.05) is 11.8 Å². The van der Waals surface area contributed by atoms with E-state index in [0.29, 0.717) is 17.4 Å². The molecule has 0 unspecified atom stereocenters. The third-order valence-electron chi connectivity index (χ3n) is 3.33. The second-order valence-electron chi connectivity index (χ2n) is 4.89. The van der Waals surface area contributed by atoms with Crippen LogP contribution in [0, 0.1) is 0 Å². The Morgan fingerprint density at radius 3 is 2.76 bits per heavy atom. The first-order valence-corrected chi connectivity index (χ1v) is 7.64. The van der Waals surface area contributed by atoms with Gasteiger partial charge in [0.05, 0.1) is 12.7 Å². The second kappa shape index (κ2) is 5.77. The van der Waals surface area contributed by atoms with Crippen LogP contribution in [0.1, 0.15) is 34.8 Å². The van der Waals surface area contributed by atoms with Crippen LogP contribution in [-0.2, 0) is 10.5 Å². The van der Waals surface area contributed by atoms with Gasteiger partial charge in [-0.05, 0) is 30.5 Å². The van der Waals surface area contributed by atoms with Crippen molar-refractivity contribution in [2.75, 3.05) is 7.11 Å². The number of benzene rings is 1. The Hall–Kier alpha value is -2.02. The first-order chi connectivity index (χ1) is 10.2. The minimum absolute atomic E-state index is 0.138. The van der Waals surface area contributed by atoms with E-state index in [1.165, 1.54) is 18.9 Å². The first kappa shape index (κ1) is 13.9. The molecule has 7 heteroatoms. The molecule has 0 spiro atoms. The lowest BCUT2D eigenvalue weighted by atomic mass is 10.1. The highest BCUT2D eigenvalue weighted by molar-refractivity contribution is 7.98. The van der Waals surface area contributed by atoms with E-state index in [1.807, 2.05) is 12.1 Å². The Labute approximate surface area is 125 Å². The van der Waals surface area contributed by atoms with E-state index in [4.69, 9.17) is 0 Å². The summed E-state index contributed by atoms with van der Waals surface area (Å²) in [6.45, 7) is 0. The number of carbonyl (C=O) groups excluding carboxylic acids is 1. The fraction of sp³-hybridized carbons (Fsp3) is 0.357. The lowest BCUT2D eigenvalue weighted by Crippen LogP contribution is -2.16. The van der Waals surface area contributed by atoms with Crippen LogP contribution < -0.4 is 5.69 Å². The summed E-state index contributed by atoms with van der Waals surface area (Å²) in [5.41, 5.74) is 1.45. The van der Waals surface area contributed by atoms with Gasteiger partial charge in [0.25, 0.3) is 0 Å². The molecule has 3 rings (SSSR count). The zero-order valence-corrected chi connectivity index (χ0v) is 12.4. The summed E-state index contributed by atoms with van der Waals surface area (Å²) in [6.07, 6.45) is 2.08. The van der Waals surface area contributed by atoms with E-state index in [9.17, 15) is 9.59 Å². The van der Waals surface area contributed by atoms with Crippen LogP contribution in [-0.4, -0.2) is 27.8 Å². The predicted octanol–water partition coefficient (Wildman–Crippen LogP) is 1.99. The smallest absolute Gasteiger partial charge is 0.344 e. The fourth-order valence-corrected chi connectivity index (χ4v) is 3.02. The summed E-state index contributed by atoms with van der Waals surface area (Å²) in [7, 11) is 1.36. The molecule has 0 amide bonds. The summed E-state index contributed by atoms with van der Waals surface area (Å²) in [4.78, 5) is 23.0. The van der Waals surface area contributed by atoms with Crippen molar-refractivity contribution in [1.29, 1.82) is 0 Å². The number of hydrogen-bond donors (Lipinski definition) is 1. The topological polar surface area (TPSA) is 77.0 Å². The molecule has 6 nitrogen and oxygen atoms in total. The minimum Gasteiger partial charge on any atom is -0.465 e. The number of nitrogens with one attached hydrogen (secondary N) is 1. The minimum atomic E-state index is -0.343. The van der Waals surface area contributed by atoms with Gasteiger partial charge in [0.2, 0.25) is 0 Å². The normalized spacial score (nSPS) is 14.1. The lowest BCUT2D eigenvalue weighted by molar-refractivity contribution is 0.0600. The maximum atomic E-state index is 11.7. The van der Waals surface area contributed by atoms with Gasteiger partial charge >= 0.3 is 11.7 Å². The number of hydrogen-bond acceptors (Lipinski definition) is 5. The van der Waals surface area contributed by atoms with Gasteiger partial charge in [-0.25, -0.2) is 14.7 Å². The van der Waals surface area contributed by atoms with E-state index in [1.54, 1.807) is 16.7 Å². The van der Waals surface area contributed by atoms with Crippen LogP contribution >= 0.6 is 11.8 Å². The number of H-pyrrole nitrogens is 1. The zero-order chi connectivity index (χ0) is 14.8. The van der Waals surface area contributed by atoms with Crippen molar-refractivity contribution in [1.82, 2.24) is 14.8 Å². The van der Waals surface area contributed by atoms with Gasteiger partial charge in [-0.1, -0.05) is 23.9 Å². The fourth-order valence-electron chi connectivity index (χ4n) is 2.05. The molecule has 1 aromatic carbocycles. The molecule has 1 fully saturated rings. The van der Waals surface area contributed by atoms with E-state index < -0.39 is 0 Å². The summed E-state index contributed by atoms with van der Waals surface area (Å²) in [5.74, 6) is 0.349. The van der Waals surface area contributed by atoms with E-state index in [2.05, 4.69) is 14.9 Å². The van der Waals surface area contributed by atoms with Crippen LogP contribution in [0.3, 0.4) is 0 Å². The summed E-state index contributed by atoms with van der Waals surface area (Å²) >= 11 is 1.51. The van der Waals surface area contributed by atoms with Crippen molar-refractivity contribution in [3.05, 3.63) is 45.9 Å². The third-order valence-corrected chi connectivity index (χ3v) is 4.35. The lowest BCUT2D eigenvalue weighted by Gasteiger charge is -2.04. The number of ether oxygens (including phenoxy) is 1. The summed E-state index contributed by atoms with van der Waals surface area (Å²) in [6, 6.07) is 7.54. The van der Waals surface area contributed by atoms with E-state index in [0.717, 1.165) is 23.6 Å². The quantitative estimate of drug-likeness (QED) is 0.675. The van der Waals surface area contributed by atoms with Crippen molar-refractivity contribution in [3.63, 3.8) is 0 Å². The standard InChI is InChI=1S/C14H15N3O3S/c1-20-12(18)10-4-2-9(3-5-10)8-21-14-16-15-13(19)17(14)11-6-7-11/h2-5,11H,6-8H2,1H3,(H,15,19). The molecule has 0 saturated heterocycles. The van der Waals surface area contributed by atoms with Gasteiger partial charge in [0.1, 0.15) is 0 Å². The molecule has 1 heterocycles. The van der Waals surface area contributed by atoms with Crippen LogP contribution in [0.25, 0.3) is 0 Å². The number of esters is 1. The van der Waals surface area contributed by atoms with Crippen LogP contribution in [0.4, 0.5) is 0 Å². The van der Waals surface area contributed by atoms with Crippen molar-refractivity contribution in [2.24, 2.45) is 0 Å². The Kier molecular flexibility index (Phi) is 3.83. The number of methoxy groups -OCH3 is 1. The summed E-state index contributed by atoms with van der Waals surface area (Å²) in [5, 5.41) is 7.29. The number of aromatic amines is 1. The van der Waals surface area contributed by atoms with Gasteiger partial charge in [0.15, 0.2) is 5.16 Å². The molecular formula is C14H15N3O3S. The Morgan fingerprint density at radius 2 is 2.14 bits per heavy atom. The highest BCUT2D eigenvalue weighted by atomic mass is 32.2. The van der Waals surface area contributed by atoms with Gasteiger partial charge < -0.3 is 4.74 Å². The first-order valence-electron chi connectivity index (χ1n) is 6.66. The predicted molar refractivity (Wildman–Crippen MR) is 78.5 cm³/mol. The van der Waals surface area contributed by atoms with Crippen molar-refractivity contribution >= 4 is 17.7 Å². The van der Waals surface area contributed by atoms with Crippen molar-refractivity contribution < 1.29 is 9.53 Å². The van der Waals surface area contributed by atoms with Crippen LogP contribution in [0.15, 0.2) is 34.2 Å². The van der Waals surface area contributed by atoms with E-state index >= 15 is 0 Å². The molecule has 1 aromatic heterocycles. The maximum absolute atomic E-state index is 11.7. The molecule has 2 aromatic rings.